The summed E-state index contributed by atoms with van der Waals surface area (Å²) < 4.78 is 0. The number of nitrogens with zero attached hydrogens (tertiary/aromatic N) is 1. The molecule has 0 saturated carbocycles. The average Bonchev–Trinajstić information content (AvgIpc) is 1.85. The summed E-state index contributed by atoms with van der Waals surface area (Å²) in [7, 11) is 1.77. The van der Waals surface area contributed by atoms with Gasteiger partial charge >= 0.3 is 6.09 Å². The first-order chi connectivity index (χ1) is 4.66. The van der Waals surface area contributed by atoms with Gasteiger partial charge < -0.3 is 11.1 Å². The summed E-state index contributed by atoms with van der Waals surface area (Å²) in [5.41, 5.74) is 5.32. The lowest BCUT2D eigenvalue weighted by molar-refractivity contribution is 0.161. The van der Waals surface area contributed by atoms with Crippen molar-refractivity contribution in [3.8, 4) is 0 Å². The lowest BCUT2D eigenvalue weighted by Gasteiger charge is -1.95. The third kappa shape index (κ3) is 5.04. The van der Waals surface area contributed by atoms with E-state index in [1.807, 2.05) is 0 Å². The van der Waals surface area contributed by atoms with Crippen molar-refractivity contribution in [1.29, 1.82) is 0 Å². The second kappa shape index (κ2) is 4.75. The summed E-state index contributed by atoms with van der Waals surface area (Å²) in [5, 5.41) is 6.22. The van der Waals surface area contributed by atoms with Gasteiger partial charge in [-0.3, -0.25) is 4.84 Å². The van der Waals surface area contributed by atoms with Gasteiger partial charge in [-0.1, -0.05) is 5.16 Å². The van der Waals surface area contributed by atoms with Gasteiger partial charge in [-0.2, -0.15) is 0 Å². The highest BCUT2D eigenvalue weighted by atomic mass is 16.7. The second-order valence-electron chi connectivity index (χ2n) is 1.77. The Balaban J connectivity index is 3.57. The van der Waals surface area contributed by atoms with Gasteiger partial charge in [-0.25, -0.2) is 4.79 Å². The quantitative estimate of drug-likeness (QED) is 0.324. The highest BCUT2D eigenvalue weighted by Gasteiger charge is 1.91. The summed E-state index contributed by atoms with van der Waals surface area (Å²) in [4.78, 5) is 14.1. The maximum absolute atomic E-state index is 9.98. The molecule has 1 amide bonds. The molecule has 0 spiro atoms. The molecular formula is C5H11N3O2. The fraction of sp³-hybridized carbons (Fsp3) is 0.600. The molecule has 0 atom stereocenters. The van der Waals surface area contributed by atoms with E-state index in [9.17, 15) is 4.79 Å². The smallest absolute Gasteiger partial charge is 0.333 e. The number of nitrogens with one attached hydrogen (secondary N) is 1. The standard InChI is InChI=1S/C5H11N3O2/c1-4(3-7-2)8-10-5(6)9/h7H,3H2,1-2H3,(H2,6,9)/b8-4+. The molecule has 0 aliphatic carbocycles. The van der Waals surface area contributed by atoms with Crippen LogP contribution in [-0.2, 0) is 4.84 Å². The number of hydrogen-bond acceptors (Lipinski definition) is 4. The lowest BCUT2D eigenvalue weighted by atomic mass is 10.4. The number of hydrogen-bond donors (Lipinski definition) is 2. The summed E-state index contributed by atoms with van der Waals surface area (Å²) in [6.45, 7) is 2.30. The van der Waals surface area contributed by atoms with Crippen LogP contribution >= 0.6 is 0 Å². The van der Waals surface area contributed by atoms with Crippen LogP contribution in [0.15, 0.2) is 5.16 Å². The predicted molar refractivity (Wildman–Crippen MR) is 37.7 cm³/mol. The van der Waals surface area contributed by atoms with E-state index in [1.165, 1.54) is 0 Å². The monoisotopic (exact) mass is 145 g/mol. The van der Waals surface area contributed by atoms with Crippen LogP contribution in [0.3, 0.4) is 0 Å². The largest absolute Gasteiger partial charge is 0.430 e. The van der Waals surface area contributed by atoms with Crippen molar-refractivity contribution >= 4 is 11.8 Å². The third-order valence-corrected chi connectivity index (χ3v) is 0.724. The lowest BCUT2D eigenvalue weighted by Crippen LogP contribution is -2.18. The first-order valence-corrected chi connectivity index (χ1v) is 2.81. The summed E-state index contributed by atoms with van der Waals surface area (Å²) >= 11 is 0. The first kappa shape index (κ1) is 8.90. The molecule has 0 aliphatic heterocycles. The Hall–Kier alpha value is -1.10. The van der Waals surface area contributed by atoms with Crippen LogP contribution in [0.25, 0.3) is 0 Å². The van der Waals surface area contributed by atoms with Crippen LogP contribution in [0.1, 0.15) is 6.92 Å². The molecule has 0 aromatic heterocycles. The average molecular weight is 145 g/mol. The Morgan fingerprint density at radius 3 is 2.80 bits per heavy atom. The van der Waals surface area contributed by atoms with E-state index in [-0.39, 0.29) is 0 Å². The maximum Gasteiger partial charge on any atom is 0.430 e. The van der Waals surface area contributed by atoms with Gasteiger partial charge in [0, 0.05) is 6.54 Å². The van der Waals surface area contributed by atoms with Crippen LogP contribution in [-0.4, -0.2) is 25.4 Å². The van der Waals surface area contributed by atoms with Gasteiger partial charge in [-0.05, 0) is 14.0 Å². The SMILES string of the molecule is CNC/C(C)=N/OC(N)=O. The minimum Gasteiger partial charge on any atom is -0.333 e. The molecule has 58 valence electrons. The molecule has 10 heavy (non-hydrogen) atoms. The minimum atomic E-state index is -0.893. The molecule has 0 aliphatic rings. The van der Waals surface area contributed by atoms with Crippen molar-refractivity contribution in [1.82, 2.24) is 5.32 Å². The number of carbonyl (C=O) groups is 1. The number of primary amides is 1. The Morgan fingerprint density at radius 1 is 1.80 bits per heavy atom. The Morgan fingerprint density at radius 2 is 2.40 bits per heavy atom. The van der Waals surface area contributed by atoms with Crippen molar-refractivity contribution < 1.29 is 9.63 Å². The molecule has 3 N–H and O–H groups in total. The molecular weight excluding hydrogens is 134 g/mol. The molecule has 0 unspecified atom stereocenters. The van der Waals surface area contributed by atoms with E-state index >= 15 is 0 Å². The summed E-state index contributed by atoms with van der Waals surface area (Å²) in [5.74, 6) is 0. The van der Waals surface area contributed by atoms with E-state index in [0.29, 0.717) is 12.3 Å². The zero-order valence-corrected chi connectivity index (χ0v) is 6.05. The molecule has 0 saturated heterocycles. The van der Waals surface area contributed by atoms with Gasteiger partial charge in [0.25, 0.3) is 0 Å². The van der Waals surface area contributed by atoms with Crippen LogP contribution in [0.5, 0.6) is 0 Å². The van der Waals surface area contributed by atoms with E-state index in [4.69, 9.17) is 0 Å². The highest BCUT2D eigenvalue weighted by Crippen LogP contribution is 1.78. The minimum absolute atomic E-state index is 0.577. The van der Waals surface area contributed by atoms with Crippen LogP contribution in [0.4, 0.5) is 4.79 Å². The number of rotatable bonds is 3. The topological polar surface area (TPSA) is 76.7 Å². The fourth-order valence-electron chi connectivity index (χ4n) is 0.411. The molecule has 0 fully saturated rings. The fourth-order valence-corrected chi connectivity index (χ4v) is 0.411. The number of oxime groups is 1. The van der Waals surface area contributed by atoms with Crippen molar-refractivity contribution in [2.24, 2.45) is 10.9 Å². The molecule has 0 radical (unpaired) electrons. The molecule has 0 aromatic rings. The van der Waals surface area contributed by atoms with Gasteiger partial charge in [0.2, 0.25) is 0 Å². The number of carbonyl (C=O) groups excluding carboxylic acids is 1. The van der Waals surface area contributed by atoms with Crippen LogP contribution in [0.2, 0.25) is 0 Å². The van der Waals surface area contributed by atoms with Gasteiger partial charge in [0.15, 0.2) is 0 Å². The van der Waals surface area contributed by atoms with Gasteiger partial charge in [0.1, 0.15) is 0 Å². The number of amides is 1. The zero-order valence-electron chi connectivity index (χ0n) is 6.05. The first-order valence-electron chi connectivity index (χ1n) is 2.81. The molecule has 0 heterocycles. The number of nitrogens with two attached hydrogens (primary N) is 1. The third-order valence-electron chi connectivity index (χ3n) is 0.724. The molecule has 0 aromatic carbocycles. The zero-order chi connectivity index (χ0) is 7.98. The van der Waals surface area contributed by atoms with Gasteiger partial charge in [0.05, 0.1) is 5.71 Å². The van der Waals surface area contributed by atoms with E-state index in [0.717, 1.165) is 0 Å². The molecule has 5 heteroatoms. The molecule has 0 rings (SSSR count). The Bertz CT molecular complexity index is 144. The Kier molecular flexibility index (Phi) is 4.23. The van der Waals surface area contributed by atoms with Crippen molar-refractivity contribution in [3.63, 3.8) is 0 Å². The van der Waals surface area contributed by atoms with E-state index in [2.05, 4.69) is 21.0 Å². The van der Waals surface area contributed by atoms with Crippen LogP contribution in [0, 0.1) is 0 Å². The second-order valence-corrected chi connectivity index (χ2v) is 1.77. The summed E-state index contributed by atoms with van der Waals surface area (Å²) in [6, 6.07) is 0. The Labute approximate surface area is 59.2 Å². The normalized spacial score (nSPS) is 11.2. The van der Waals surface area contributed by atoms with Gasteiger partial charge in [-0.15, -0.1) is 0 Å². The molecule has 0 bridgehead atoms. The van der Waals surface area contributed by atoms with Crippen LogP contribution < -0.4 is 11.1 Å². The van der Waals surface area contributed by atoms with E-state index < -0.39 is 6.09 Å². The highest BCUT2D eigenvalue weighted by molar-refractivity contribution is 5.83. The van der Waals surface area contributed by atoms with E-state index in [1.54, 1.807) is 14.0 Å². The van der Waals surface area contributed by atoms with Crippen molar-refractivity contribution in [3.05, 3.63) is 0 Å². The molecule has 5 nitrogen and oxygen atoms in total. The predicted octanol–water partition coefficient (Wildman–Crippen LogP) is -0.323. The summed E-state index contributed by atoms with van der Waals surface area (Å²) in [6.07, 6.45) is -0.893. The maximum atomic E-state index is 9.98. The van der Waals surface area contributed by atoms with Crippen molar-refractivity contribution in [2.75, 3.05) is 13.6 Å². The van der Waals surface area contributed by atoms with Crippen molar-refractivity contribution in [2.45, 2.75) is 6.92 Å².